The molecule has 0 atom stereocenters. The summed E-state index contributed by atoms with van der Waals surface area (Å²) in [5, 5.41) is 3.13. The van der Waals surface area contributed by atoms with Crippen molar-refractivity contribution in [2.24, 2.45) is 0 Å². The maximum atomic E-state index is 5.99. The summed E-state index contributed by atoms with van der Waals surface area (Å²) < 4.78 is 12.0. The second-order valence-corrected chi connectivity index (χ2v) is 5.30. The summed E-state index contributed by atoms with van der Waals surface area (Å²) in [5.41, 5.74) is 1.28. The van der Waals surface area contributed by atoms with Crippen LogP contribution in [0.1, 0.15) is 27.7 Å². The quantitative estimate of drug-likeness (QED) is 0.786. The van der Waals surface area contributed by atoms with Gasteiger partial charge in [-0.05, 0) is 33.8 Å². The average molecular weight is 234 g/mol. The Bertz CT molecular complexity index is 405. The number of anilines is 1. The Morgan fingerprint density at radius 1 is 1.18 bits per heavy atom. The van der Waals surface area contributed by atoms with Crippen molar-refractivity contribution in [3.63, 3.8) is 0 Å². The standard InChI is InChI=1S/C12H19BN2O2/c1-11(2)12(3,4)17-13(16-11)9-8-15-7-6-10(9)14-5/h6-8H,1-5H3,(H,14,15). The summed E-state index contributed by atoms with van der Waals surface area (Å²) in [6.45, 7) is 8.18. The Hall–Kier alpha value is -1.07. The Labute approximate surface area is 103 Å². The third-order valence-corrected chi connectivity index (χ3v) is 3.63. The molecule has 5 heteroatoms. The van der Waals surface area contributed by atoms with E-state index in [1.807, 2.05) is 40.8 Å². The fraction of sp³-hybridized carbons (Fsp3) is 0.583. The molecule has 0 aromatic carbocycles. The Morgan fingerprint density at radius 2 is 1.76 bits per heavy atom. The minimum absolute atomic E-state index is 0.321. The fourth-order valence-corrected chi connectivity index (χ4v) is 1.79. The molecular formula is C12H19BN2O2. The van der Waals surface area contributed by atoms with Crippen LogP contribution in [0.25, 0.3) is 0 Å². The zero-order valence-corrected chi connectivity index (χ0v) is 11.1. The minimum Gasteiger partial charge on any atom is -0.399 e. The number of nitrogens with one attached hydrogen (secondary N) is 1. The third kappa shape index (κ3) is 2.05. The highest BCUT2D eigenvalue weighted by molar-refractivity contribution is 6.63. The number of nitrogens with zero attached hydrogens (tertiary/aromatic N) is 1. The second-order valence-electron chi connectivity index (χ2n) is 5.30. The largest absolute Gasteiger partial charge is 0.498 e. The van der Waals surface area contributed by atoms with E-state index in [2.05, 4.69) is 10.3 Å². The predicted molar refractivity (Wildman–Crippen MR) is 69.5 cm³/mol. The summed E-state index contributed by atoms with van der Waals surface area (Å²) in [6, 6.07) is 1.92. The third-order valence-electron chi connectivity index (χ3n) is 3.63. The van der Waals surface area contributed by atoms with Crippen LogP contribution in [0.3, 0.4) is 0 Å². The van der Waals surface area contributed by atoms with Crippen molar-refractivity contribution in [3.05, 3.63) is 18.5 Å². The highest BCUT2D eigenvalue weighted by atomic mass is 16.7. The summed E-state index contributed by atoms with van der Waals surface area (Å²) in [7, 11) is 1.51. The summed E-state index contributed by atoms with van der Waals surface area (Å²) in [5.74, 6) is 0. The van der Waals surface area contributed by atoms with Gasteiger partial charge in [0.15, 0.2) is 0 Å². The predicted octanol–water partition coefficient (Wildman–Crippen LogP) is 1.42. The molecule has 0 radical (unpaired) electrons. The molecule has 1 saturated heterocycles. The van der Waals surface area contributed by atoms with Gasteiger partial charge in [0, 0.05) is 30.6 Å². The van der Waals surface area contributed by atoms with Gasteiger partial charge < -0.3 is 14.6 Å². The highest BCUT2D eigenvalue weighted by Crippen LogP contribution is 2.36. The van der Waals surface area contributed by atoms with Crippen molar-refractivity contribution >= 4 is 18.3 Å². The van der Waals surface area contributed by atoms with E-state index < -0.39 is 0 Å². The van der Waals surface area contributed by atoms with E-state index in [4.69, 9.17) is 9.31 Å². The van der Waals surface area contributed by atoms with Crippen molar-refractivity contribution in [3.8, 4) is 0 Å². The van der Waals surface area contributed by atoms with Crippen LogP contribution in [0.5, 0.6) is 0 Å². The maximum Gasteiger partial charge on any atom is 0.498 e. The number of pyridine rings is 1. The van der Waals surface area contributed by atoms with Crippen molar-refractivity contribution in [2.75, 3.05) is 12.4 Å². The van der Waals surface area contributed by atoms with E-state index >= 15 is 0 Å². The van der Waals surface area contributed by atoms with Crippen LogP contribution >= 0.6 is 0 Å². The van der Waals surface area contributed by atoms with E-state index in [1.54, 1.807) is 12.4 Å². The van der Waals surface area contributed by atoms with Crippen LogP contribution in [-0.2, 0) is 9.31 Å². The van der Waals surface area contributed by atoms with E-state index in [0.29, 0.717) is 0 Å². The molecule has 0 unspecified atom stereocenters. The first-order valence-electron chi connectivity index (χ1n) is 5.85. The smallest absolute Gasteiger partial charge is 0.399 e. The molecule has 1 fully saturated rings. The molecule has 92 valence electrons. The maximum absolute atomic E-state index is 5.99. The van der Waals surface area contributed by atoms with Crippen LogP contribution in [0, 0.1) is 0 Å². The first-order chi connectivity index (χ1) is 7.87. The molecule has 0 saturated carbocycles. The van der Waals surface area contributed by atoms with Gasteiger partial charge in [-0.15, -0.1) is 0 Å². The molecule has 1 N–H and O–H groups in total. The molecule has 17 heavy (non-hydrogen) atoms. The van der Waals surface area contributed by atoms with E-state index in [0.717, 1.165) is 11.2 Å². The van der Waals surface area contributed by atoms with Gasteiger partial charge in [-0.3, -0.25) is 4.98 Å². The Kier molecular flexibility index (Phi) is 2.91. The van der Waals surface area contributed by atoms with E-state index in [-0.39, 0.29) is 18.3 Å². The second kappa shape index (κ2) is 4.00. The molecule has 0 spiro atoms. The van der Waals surface area contributed by atoms with Crippen LogP contribution in [0.15, 0.2) is 18.5 Å². The lowest BCUT2D eigenvalue weighted by atomic mass is 9.79. The lowest BCUT2D eigenvalue weighted by Crippen LogP contribution is -2.41. The van der Waals surface area contributed by atoms with E-state index in [9.17, 15) is 0 Å². The van der Waals surface area contributed by atoms with Gasteiger partial charge in [0.2, 0.25) is 0 Å². The van der Waals surface area contributed by atoms with Crippen LogP contribution in [0.2, 0.25) is 0 Å². The lowest BCUT2D eigenvalue weighted by Gasteiger charge is -2.32. The van der Waals surface area contributed by atoms with Gasteiger partial charge in [0.1, 0.15) is 0 Å². The molecular weight excluding hydrogens is 215 g/mol. The van der Waals surface area contributed by atoms with Crippen LogP contribution < -0.4 is 10.8 Å². The number of rotatable bonds is 2. The fourth-order valence-electron chi connectivity index (χ4n) is 1.79. The van der Waals surface area contributed by atoms with Gasteiger partial charge in [-0.2, -0.15) is 0 Å². The molecule has 2 rings (SSSR count). The highest BCUT2D eigenvalue weighted by Gasteiger charge is 2.52. The Balaban J connectivity index is 2.32. The van der Waals surface area contributed by atoms with E-state index in [1.165, 1.54) is 0 Å². The van der Waals surface area contributed by atoms with Gasteiger partial charge >= 0.3 is 7.12 Å². The summed E-state index contributed by atoms with van der Waals surface area (Å²) >= 11 is 0. The van der Waals surface area contributed by atoms with Crippen molar-refractivity contribution in [1.29, 1.82) is 0 Å². The van der Waals surface area contributed by atoms with Crippen molar-refractivity contribution in [1.82, 2.24) is 4.98 Å². The van der Waals surface area contributed by atoms with Gasteiger partial charge in [-0.1, -0.05) is 0 Å². The molecule has 4 nitrogen and oxygen atoms in total. The first-order valence-corrected chi connectivity index (χ1v) is 5.85. The molecule has 1 aromatic rings. The molecule has 2 heterocycles. The Morgan fingerprint density at radius 3 is 2.29 bits per heavy atom. The topological polar surface area (TPSA) is 43.4 Å². The van der Waals surface area contributed by atoms with Crippen LogP contribution in [-0.4, -0.2) is 30.4 Å². The molecule has 0 amide bonds. The first kappa shape index (κ1) is 12.4. The molecule has 0 bridgehead atoms. The van der Waals surface area contributed by atoms with Gasteiger partial charge in [-0.25, -0.2) is 0 Å². The SMILES string of the molecule is CNc1ccncc1B1OC(C)(C)C(C)(C)O1. The van der Waals surface area contributed by atoms with Gasteiger partial charge in [0.05, 0.1) is 11.2 Å². The molecule has 1 aliphatic rings. The average Bonchev–Trinajstić information content (AvgIpc) is 2.48. The zero-order valence-electron chi connectivity index (χ0n) is 11.1. The molecule has 0 aliphatic carbocycles. The van der Waals surface area contributed by atoms with Crippen molar-refractivity contribution in [2.45, 2.75) is 38.9 Å². The number of hydrogen-bond acceptors (Lipinski definition) is 4. The summed E-state index contributed by atoms with van der Waals surface area (Å²) in [4.78, 5) is 4.13. The number of hydrogen-bond donors (Lipinski definition) is 1. The number of aromatic nitrogens is 1. The normalized spacial score (nSPS) is 21.6. The van der Waals surface area contributed by atoms with Crippen molar-refractivity contribution < 1.29 is 9.31 Å². The lowest BCUT2D eigenvalue weighted by molar-refractivity contribution is 0.00578. The monoisotopic (exact) mass is 234 g/mol. The zero-order chi connectivity index (χ0) is 12.7. The molecule has 1 aliphatic heterocycles. The summed E-state index contributed by atoms with van der Waals surface area (Å²) in [6.07, 6.45) is 3.54. The van der Waals surface area contributed by atoms with Crippen LogP contribution in [0.4, 0.5) is 5.69 Å². The molecule has 1 aromatic heterocycles. The minimum atomic E-state index is -0.365. The van der Waals surface area contributed by atoms with Gasteiger partial charge in [0.25, 0.3) is 0 Å².